The number of hydrogen-bond donors (Lipinski definition) is 0. The molecule has 1 aliphatic carbocycles. The van der Waals surface area contributed by atoms with E-state index in [1.807, 2.05) is 13.8 Å². The highest BCUT2D eigenvalue weighted by Crippen LogP contribution is 2.44. The first-order valence-electron chi connectivity index (χ1n) is 6.43. The maximum Gasteiger partial charge on any atom is 0.358 e. The van der Waals surface area contributed by atoms with Gasteiger partial charge < -0.3 is 9.47 Å². The van der Waals surface area contributed by atoms with Gasteiger partial charge in [0.25, 0.3) is 0 Å². The van der Waals surface area contributed by atoms with Gasteiger partial charge in [-0.25, -0.2) is 9.78 Å². The fourth-order valence-electron chi connectivity index (χ4n) is 1.91. The molecule has 2 rings (SSSR count). The first kappa shape index (κ1) is 13.5. The second-order valence-electron chi connectivity index (χ2n) is 4.39. The Kier molecular flexibility index (Phi) is 4.35. The molecule has 0 aromatic carbocycles. The van der Waals surface area contributed by atoms with E-state index >= 15 is 0 Å². The summed E-state index contributed by atoms with van der Waals surface area (Å²) in [6.45, 7) is 6.75. The van der Waals surface area contributed by atoms with Crippen LogP contribution >= 0.6 is 11.3 Å². The molecule has 1 unspecified atom stereocenters. The highest BCUT2D eigenvalue weighted by molar-refractivity contribution is 7.11. The molecular weight excluding hydrogens is 250 g/mol. The van der Waals surface area contributed by atoms with Crippen LogP contribution in [0.5, 0.6) is 0 Å². The van der Waals surface area contributed by atoms with Crippen LogP contribution in [0.2, 0.25) is 0 Å². The van der Waals surface area contributed by atoms with Gasteiger partial charge >= 0.3 is 5.97 Å². The standard InChI is InChI=1S/C13H19NO3S/c1-4-16-11(9-6-7-9)12-14-10(8(3)18-12)13(15)17-5-2/h9,11H,4-7H2,1-3H3. The van der Waals surface area contributed by atoms with Crippen LogP contribution in [-0.4, -0.2) is 24.2 Å². The Morgan fingerprint density at radius 2 is 2.17 bits per heavy atom. The van der Waals surface area contributed by atoms with Crippen molar-refractivity contribution < 1.29 is 14.3 Å². The van der Waals surface area contributed by atoms with E-state index in [1.165, 1.54) is 12.8 Å². The lowest BCUT2D eigenvalue weighted by Crippen LogP contribution is -2.09. The quantitative estimate of drug-likeness (QED) is 0.744. The summed E-state index contributed by atoms with van der Waals surface area (Å²) in [5, 5.41) is 0.917. The van der Waals surface area contributed by atoms with Gasteiger partial charge in [-0.15, -0.1) is 11.3 Å². The first-order valence-corrected chi connectivity index (χ1v) is 7.25. The van der Waals surface area contributed by atoms with Crippen LogP contribution in [0.3, 0.4) is 0 Å². The average Bonchev–Trinajstić information content (AvgIpc) is 3.09. The molecule has 0 spiro atoms. The molecule has 1 saturated carbocycles. The molecule has 18 heavy (non-hydrogen) atoms. The number of thiazole rings is 1. The lowest BCUT2D eigenvalue weighted by Gasteiger charge is -2.12. The third-order valence-electron chi connectivity index (χ3n) is 2.92. The Morgan fingerprint density at radius 3 is 2.72 bits per heavy atom. The molecule has 0 amide bonds. The number of nitrogens with zero attached hydrogens (tertiary/aromatic N) is 1. The van der Waals surface area contributed by atoms with Crippen molar-refractivity contribution in [2.45, 2.75) is 39.7 Å². The maximum atomic E-state index is 11.7. The topological polar surface area (TPSA) is 48.4 Å². The van der Waals surface area contributed by atoms with Crippen molar-refractivity contribution >= 4 is 17.3 Å². The SMILES string of the molecule is CCOC(=O)c1nc(C(OCC)C2CC2)sc1C. The fraction of sp³-hybridized carbons (Fsp3) is 0.692. The number of ether oxygens (including phenoxy) is 2. The van der Waals surface area contributed by atoms with Gasteiger partial charge in [0.1, 0.15) is 11.1 Å². The highest BCUT2D eigenvalue weighted by atomic mass is 32.1. The van der Waals surface area contributed by atoms with Crippen LogP contribution in [0.15, 0.2) is 0 Å². The number of esters is 1. The van der Waals surface area contributed by atoms with Gasteiger partial charge in [0.2, 0.25) is 0 Å². The largest absolute Gasteiger partial charge is 0.461 e. The molecule has 0 saturated heterocycles. The second-order valence-corrected chi connectivity index (χ2v) is 5.63. The second kappa shape index (κ2) is 5.80. The van der Waals surface area contributed by atoms with Crippen molar-refractivity contribution in [3.05, 3.63) is 15.6 Å². The van der Waals surface area contributed by atoms with E-state index in [-0.39, 0.29) is 12.1 Å². The van der Waals surface area contributed by atoms with Gasteiger partial charge in [-0.05, 0) is 39.5 Å². The van der Waals surface area contributed by atoms with Crippen molar-refractivity contribution in [3.63, 3.8) is 0 Å². The molecule has 0 radical (unpaired) electrons. The first-order chi connectivity index (χ1) is 8.67. The summed E-state index contributed by atoms with van der Waals surface area (Å²) in [6, 6.07) is 0. The van der Waals surface area contributed by atoms with Crippen LogP contribution in [0, 0.1) is 12.8 Å². The van der Waals surface area contributed by atoms with E-state index < -0.39 is 0 Å². The maximum absolute atomic E-state index is 11.7. The average molecular weight is 269 g/mol. The summed E-state index contributed by atoms with van der Waals surface area (Å²) in [7, 11) is 0. The third kappa shape index (κ3) is 2.90. The molecule has 0 N–H and O–H groups in total. The zero-order chi connectivity index (χ0) is 13.1. The third-order valence-corrected chi connectivity index (χ3v) is 3.95. The summed E-state index contributed by atoms with van der Waals surface area (Å²) in [5.41, 5.74) is 0.446. The number of rotatable bonds is 6. The Bertz CT molecular complexity index is 426. The molecule has 1 fully saturated rings. The van der Waals surface area contributed by atoms with Crippen molar-refractivity contribution in [1.82, 2.24) is 4.98 Å². The number of aromatic nitrogens is 1. The molecular formula is C13H19NO3S. The molecule has 1 heterocycles. The summed E-state index contributed by atoms with van der Waals surface area (Å²) in [4.78, 5) is 17.1. The van der Waals surface area contributed by atoms with Crippen molar-refractivity contribution in [3.8, 4) is 0 Å². The minimum atomic E-state index is -0.330. The van der Waals surface area contributed by atoms with E-state index in [1.54, 1.807) is 18.3 Å². The van der Waals surface area contributed by atoms with Gasteiger partial charge in [0.05, 0.1) is 6.61 Å². The number of carbonyl (C=O) groups excluding carboxylic acids is 1. The predicted molar refractivity (Wildman–Crippen MR) is 69.9 cm³/mol. The smallest absolute Gasteiger partial charge is 0.358 e. The Labute approximate surface area is 111 Å². The van der Waals surface area contributed by atoms with Gasteiger partial charge in [0.15, 0.2) is 5.69 Å². The molecule has 100 valence electrons. The van der Waals surface area contributed by atoms with Crippen molar-refractivity contribution in [2.24, 2.45) is 5.92 Å². The van der Waals surface area contributed by atoms with Crippen LogP contribution in [-0.2, 0) is 9.47 Å². The van der Waals surface area contributed by atoms with Crippen LogP contribution < -0.4 is 0 Å². The molecule has 1 atom stereocenters. The van der Waals surface area contributed by atoms with E-state index in [0.29, 0.717) is 24.8 Å². The lowest BCUT2D eigenvalue weighted by molar-refractivity contribution is 0.0450. The lowest BCUT2D eigenvalue weighted by atomic mass is 10.2. The molecule has 0 aliphatic heterocycles. The van der Waals surface area contributed by atoms with E-state index in [2.05, 4.69) is 4.98 Å². The van der Waals surface area contributed by atoms with Crippen LogP contribution in [0.25, 0.3) is 0 Å². The normalized spacial score (nSPS) is 16.6. The van der Waals surface area contributed by atoms with Crippen molar-refractivity contribution in [1.29, 1.82) is 0 Å². The molecule has 1 aromatic rings. The summed E-state index contributed by atoms with van der Waals surface area (Å²) >= 11 is 1.55. The minimum Gasteiger partial charge on any atom is -0.461 e. The van der Waals surface area contributed by atoms with E-state index in [4.69, 9.17) is 9.47 Å². The summed E-state index contributed by atoms with van der Waals surface area (Å²) in [5.74, 6) is 0.245. The molecule has 1 aromatic heterocycles. The Balaban J connectivity index is 2.18. The highest BCUT2D eigenvalue weighted by Gasteiger charge is 2.35. The van der Waals surface area contributed by atoms with Crippen molar-refractivity contribution in [2.75, 3.05) is 13.2 Å². The van der Waals surface area contributed by atoms with Gasteiger partial charge in [-0.3, -0.25) is 0 Å². The number of hydrogen-bond acceptors (Lipinski definition) is 5. The molecule has 4 nitrogen and oxygen atoms in total. The van der Waals surface area contributed by atoms with Gasteiger partial charge in [-0.1, -0.05) is 0 Å². The zero-order valence-electron chi connectivity index (χ0n) is 11.1. The monoisotopic (exact) mass is 269 g/mol. The van der Waals surface area contributed by atoms with Crippen LogP contribution in [0.4, 0.5) is 0 Å². The predicted octanol–water partition coefficient (Wildman–Crippen LogP) is 3.12. The molecule has 1 aliphatic rings. The van der Waals surface area contributed by atoms with Gasteiger partial charge in [-0.2, -0.15) is 0 Å². The molecule has 0 bridgehead atoms. The van der Waals surface area contributed by atoms with E-state index in [0.717, 1.165) is 9.88 Å². The fourth-order valence-corrected chi connectivity index (χ4v) is 2.97. The van der Waals surface area contributed by atoms with E-state index in [9.17, 15) is 4.79 Å². The zero-order valence-corrected chi connectivity index (χ0v) is 11.9. The summed E-state index contributed by atoms with van der Waals surface area (Å²) < 4.78 is 10.8. The minimum absolute atomic E-state index is 0.0573. The number of aryl methyl sites for hydroxylation is 1. The summed E-state index contributed by atoms with van der Waals surface area (Å²) in [6.07, 6.45) is 2.44. The van der Waals surface area contributed by atoms with Gasteiger partial charge in [0, 0.05) is 11.5 Å². The Morgan fingerprint density at radius 1 is 1.44 bits per heavy atom. The number of carbonyl (C=O) groups is 1. The van der Waals surface area contributed by atoms with Crippen LogP contribution in [0.1, 0.15) is 53.2 Å². The Hall–Kier alpha value is -0.940. The molecule has 5 heteroatoms.